The smallest absolute Gasteiger partial charge is 0.305 e. The van der Waals surface area contributed by atoms with Crippen LogP contribution in [0.15, 0.2) is 0 Å². The van der Waals surface area contributed by atoms with Crippen LogP contribution in [0.5, 0.6) is 0 Å². The van der Waals surface area contributed by atoms with Gasteiger partial charge in [0.25, 0.3) is 0 Å². The molecule has 0 fully saturated rings. The molecule has 0 saturated heterocycles. The zero-order valence-corrected chi connectivity index (χ0v) is 8.65. The number of ether oxygens (including phenoxy) is 1. The number of carboxylic acids is 1. The van der Waals surface area contributed by atoms with Gasteiger partial charge in [-0.05, 0) is 6.42 Å². The average Bonchev–Trinajstić information content (AvgIpc) is 2.14. The Labute approximate surface area is 83.6 Å². The van der Waals surface area contributed by atoms with Gasteiger partial charge in [0, 0.05) is 33.7 Å². The molecule has 5 heteroatoms. The number of carbonyl (C=O) groups excluding carboxylic acids is 1. The summed E-state index contributed by atoms with van der Waals surface area (Å²) in [6, 6.07) is 0. The Bertz CT molecular complexity index is 193. The fourth-order valence-corrected chi connectivity index (χ4v) is 0.947. The highest BCUT2D eigenvalue weighted by molar-refractivity contribution is 5.76. The van der Waals surface area contributed by atoms with Crippen molar-refractivity contribution in [1.82, 2.24) is 4.90 Å². The molecule has 14 heavy (non-hydrogen) atoms. The topological polar surface area (TPSA) is 66.8 Å². The molecule has 0 saturated carbocycles. The van der Waals surface area contributed by atoms with E-state index in [2.05, 4.69) is 0 Å². The van der Waals surface area contributed by atoms with E-state index in [0.29, 0.717) is 19.4 Å². The molecular formula is C9H17NO4. The number of rotatable bonds is 7. The van der Waals surface area contributed by atoms with Crippen LogP contribution in [0.3, 0.4) is 0 Å². The Kier molecular flexibility index (Phi) is 6.74. The number of carbonyl (C=O) groups is 2. The fourth-order valence-electron chi connectivity index (χ4n) is 0.947. The van der Waals surface area contributed by atoms with Gasteiger partial charge in [0.15, 0.2) is 0 Å². The molecule has 0 bridgehead atoms. The second-order valence-electron chi connectivity index (χ2n) is 3.06. The van der Waals surface area contributed by atoms with Gasteiger partial charge in [-0.15, -0.1) is 0 Å². The maximum absolute atomic E-state index is 11.3. The molecular weight excluding hydrogens is 186 g/mol. The van der Waals surface area contributed by atoms with Gasteiger partial charge in [-0.3, -0.25) is 9.59 Å². The van der Waals surface area contributed by atoms with Crippen LogP contribution < -0.4 is 0 Å². The molecule has 0 aliphatic carbocycles. The van der Waals surface area contributed by atoms with Crippen molar-refractivity contribution in [3.05, 3.63) is 0 Å². The van der Waals surface area contributed by atoms with E-state index in [1.807, 2.05) is 0 Å². The molecule has 0 radical (unpaired) electrons. The largest absolute Gasteiger partial charge is 0.481 e. The lowest BCUT2D eigenvalue weighted by atomic mass is 10.3. The van der Waals surface area contributed by atoms with Crippen LogP contribution in [0.25, 0.3) is 0 Å². The van der Waals surface area contributed by atoms with E-state index in [1.165, 1.54) is 4.90 Å². The molecule has 1 N–H and O–H groups in total. The summed E-state index contributed by atoms with van der Waals surface area (Å²) < 4.78 is 4.81. The first-order valence-corrected chi connectivity index (χ1v) is 4.52. The number of methoxy groups -OCH3 is 1. The first-order chi connectivity index (χ1) is 6.57. The van der Waals surface area contributed by atoms with Gasteiger partial charge >= 0.3 is 5.97 Å². The molecule has 0 aliphatic rings. The quantitative estimate of drug-likeness (QED) is 0.606. The van der Waals surface area contributed by atoms with Crippen molar-refractivity contribution < 1.29 is 19.4 Å². The number of aliphatic carboxylic acids is 1. The third-order valence-corrected chi connectivity index (χ3v) is 1.83. The molecule has 82 valence electrons. The van der Waals surface area contributed by atoms with E-state index in [1.54, 1.807) is 14.2 Å². The minimum Gasteiger partial charge on any atom is -0.481 e. The molecule has 0 atom stereocenters. The summed E-state index contributed by atoms with van der Waals surface area (Å²) in [5.74, 6) is -0.926. The van der Waals surface area contributed by atoms with Crippen LogP contribution in [0, 0.1) is 0 Å². The number of carboxylic acid groups (broad SMARTS) is 1. The number of hydrogen-bond donors (Lipinski definition) is 1. The molecule has 1 amide bonds. The standard InChI is InChI=1S/C9H17NO4/c1-10(6-5-9(12)13)8(11)4-3-7-14-2/h3-7H2,1-2H3,(H,12,13). The summed E-state index contributed by atoms with van der Waals surface area (Å²) in [6.07, 6.45) is 1.07. The maximum atomic E-state index is 11.3. The molecule has 0 spiro atoms. The lowest BCUT2D eigenvalue weighted by Crippen LogP contribution is -2.28. The predicted octanol–water partition coefficient (Wildman–Crippen LogP) is 0.346. The minimum atomic E-state index is -0.887. The third-order valence-electron chi connectivity index (χ3n) is 1.83. The van der Waals surface area contributed by atoms with Crippen molar-refractivity contribution in [3.63, 3.8) is 0 Å². The SMILES string of the molecule is COCCCC(=O)N(C)CCC(=O)O. The number of hydrogen-bond acceptors (Lipinski definition) is 3. The lowest BCUT2D eigenvalue weighted by Gasteiger charge is -2.15. The Morgan fingerprint density at radius 2 is 2.00 bits per heavy atom. The van der Waals surface area contributed by atoms with Gasteiger partial charge < -0.3 is 14.7 Å². The van der Waals surface area contributed by atoms with E-state index in [9.17, 15) is 9.59 Å². The number of nitrogens with zero attached hydrogens (tertiary/aromatic N) is 1. The summed E-state index contributed by atoms with van der Waals surface area (Å²) in [6.45, 7) is 0.819. The van der Waals surface area contributed by atoms with Crippen molar-refractivity contribution in [2.45, 2.75) is 19.3 Å². The van der Waals surface area contributed by atoms with Crippen LogP contribution in [0.4, 0.5) is 0 Å². The highest BCUT2D eigenvalue weighted by atomic mass is 16.5. The van der Waals surface area contributed by atoms with Gasteiger partial charge in [-0.1, -0.05) is 0 Å². The van der Waals surface area contributed by atoms with Crippen LogP contribution in [0.1, 0.15) is 19.3 Å². The zero-order valence-electron chi connectivity index (χ0n) is 8.65. The highest BCUT2D eigenvalue weighted by Crippen LogP contribution is 1.97. The van der Waals surface area contributed by atoms with Gasteiger partial charge in [-0.2, -0.15) is 0 Å². The lowest BCUT2D eigenvalue weighted by molar-refractivity contribution is -0.138. The number of amides is 1. The highest BCUT2D eigenvalue weighted by Gasteiger charge is 2.09. The van der Waals surface area contributed by atoms with E-state index >= 15 is 0 Å². The van der Waals surface area contributed by atoms with Gasteiger partial charge in [0.05, 0.1) is 6.42 Å². The molecule has 0 aromatic carbocycles. The van der Waals surface area contributed by atoms with Crippen molar-refractivity contribution in [3.8, 4) is 0 Å². The predicted molar refractivity (Wildman–Crippen MR) is 51.0 cm³/mol. The molecule has 0 aliphatic heterocycles. The van der Waals surface area contributed by atoms with E-state index in [0.717, 1.165) is 0 Å². The van der Waals surface area contributed by atoms with E-state index in [4.69, 9.17) is 9.84 Å². The zero-order chi connectivity index (χ0) is 11.0. The van der Waals surface area contributed by atoms with E-state index < -0.39 is 5.97 Å². The van der Waals surface area contributed by atoms with E-state index in [-0.39, 0.29) is 18.9 Å². The molecule has 5 nitrogen and oxygen atoms in total. The maximum Gasteiger partial charge on any atom is 0.305 e. The van der Waals surface area contributed by atoms with Crippen LogP contribution in [-0.4, -0.2) is 49.2 Å². The monoisotopic (exact) mass is 203 g/mol. The summed E-state index contributed by atoms with van der Waals surface area (Å²) in [5, 5.41) is 8.40. The second-order valence-corrected chi connectivity index (χ2v) is 3.06. The van der Waals surface area contributed by atoms with Crippen LogP contribution in [0.2, 0.25) is 0 Å². The Morgan fingerprint density at radius 3 is 2.50 bits per heavy atom. The molecule has 0 unspecified atom stereocenters. The first kappa shape index (κ1) is 12.9. The summed E-state index contributed by atoms with van der Waals surface area (Å²) >= 11 is 0. The molecule has 0 aromatic heterocycles. The summed E-state index contributed by atoms with van der Waals surface area (Å²) in [5.41, 5.74) is 0. The van der Waals surface area contributed by atoms with Crippen LogP contribution >= 0.6 is 0 Å². The van der Waals surface area contributed by atoms with Gasteiger partial charge in [0.2, 0.25) is 5.91 Å². The Morgan fingerprint density at radius 1 is 1.36 bits per heavy atom. The third kappa shape index (κ3) is 6.42. The normalized spacial score (nSPS) is 9.86. The van der Waals surface area contributed by atoms with Crippen LogP contribution in [-0.2, 0) is 14.3 Å². The van der Waals surface area contributed by atoms with Crippen molar-refractivity contribution in [2.75, 3.05) is 27.3 Å². The Hall–Kier alpha value is -1.10. The Balaban J connectivity index is 3.59. The average molecular weight is 203 g/mol. The first-order valence-electron chi connectivity index (χ1n) is 4.52. The van der Waals surface area contributed by atoms with Crippen molar-refractivity contribution >= 4 is 11.9 Å². The van der Waals surface area contributed by atoms with Gasteiger partial charge in [-0.25, -0.2) is 0 Å². The van der Waals surface area contributed by atoms with Gasteiger partial charge in [0.1, 0.15) is 0 Å². The second kappa shape index (κ2) is 7.32. The molecule has 0 rings (SSSR count). The van der Waals surface area contributed by atoms with Crippen molar-refractivity contribution in [1.29, 1.82) is 0 Å². The summed E-state index contributed by atoms with van der Waals surface area (Å²) in [4.78, 5) is 23.0. The summed E-state index contributed by atoms with van der Waals surface area (Å²) in [7, 11) is 3.19. The molecule has 0 heterocycles. The molecule has 0 aromatic rings. The minimum absolute atomic E-state index is 0.00742. The fraction of sp³-hybridized carbons (Fsp3) is 0.778. The van der Waals surface area contributed by atoms with Crippen molar-refractivity contribution in [2.24, 2.45) is 0 Å².